The molecular weight excluding hydrogens is 238 g/mol. The highest BCUT2D eigenvalue weighted by molar-refractivity contribution is 7.17. The minimum absolute atomic E-state index is 0.103. The molecule has 2 aromatic heterocycles. The van der Waals surface area contributed by atoms with E-state index in [2.05, 4.69) is 21.2 Å². The number of carboxylic acids is 1. The van der Waals surface area contributed by atoms with Gasteiger partial charge in [0.25, 0.3) is 0 Å². The number of aliphatic carboxylic acids is 1. The zero-order valence-corrected chi connectivity index (χ0v) is 9.57. The summed E-state index contributed by atoms with van der Waals surface area (Å²) in [7, 11) is 0. The Labute approximate surface area is 102 Å². The molecule has 0 amide bonds. The molecule has 0 radical (unpaired) electrons. The number of hydrogen-bond donors (Lipinski definition) is 2. The first-order valence-corrected chi connectivity index (χ1v) is 5.71. The molecule has 0 aliphatic carbocycles. The summed E-state index contributed by atoms with van der Waals surface area (Å²) in [4.78, 5) is 19.1. The number of aromatic nitrogens is 2. The predicted molar refractivity (Wildman–Crippen MR) is 65.9 cm³/mol. The lowest BCUT2D eigenvalue weighted by Gasteiger charge is -2.12. The second-order valence-corrected chi connectivity index (χ2v) is 4.22. The third-order valence-corrected chi connectivity index (χ3v) is 3.08. The Kier molecular flexibility index (Phi) is 3.21. The number of nitrogens with one attached hydrogen (secondary N) is 1. The third-order valence-electron chi connectivity index (χ3n) is 2.17. The van der Waals surface area contributed by atoms with Crippen molar-refractivity contribution < 1.29 is 9.90 Å². The van der Waals surface area contributed by atoms with E-state index in [0.29, 0.717) is 5.82 Å². The first kappa shape index (κ1) is 11.4. The van der Waals surface area contributed by atoms with Crippen LogP contribution in [0.1, 0.15) is 6.42 Å². The van der Waals surface area contributed by atoms with Crippen LogP contribution in [-0.2, 0) is 4.79 Å². The molecule has 2 heterocycles. The van der Waals surface area contributed by atoms with Crippen LogP contribution in [0.5, 0.6) is 0 Å². The zero-order valence-electron chi connectivity index (χ0n) is 8.75. The Hall–Kier alpha value is -2.13. The number of anilines is 1. The van der Waals surface area contributed by atoms with Gasteiger partial charge < -0.3 is 10.4 Å². The minimum atomic E-state index is -0.994. The quantitative estimate of drug-likeness (QED) is 0.802. The Morgan fingerprint density at radius 3 is 3.18 bits per heavy atom. The van der Waals surface area contributed by atoms with E-state index in [0.717, 1.165) is 10.2 Å². The first-order valence-electron chi connectivity index (χ1n) is 4.83. The van der Waals surface area contributed by atoms with Crippen LogP contribution in [0, 0.1) is 12.3 Å². The normalized spacial score (nSPS) is 11.9. The van der Waals surface area contributed by atoms with E-state index in [1.807, 2.05) is 11.4 Å². The van der Waals surface area contributed by atoms with Gasteiger partial charge in [-0.2, -0.15) is 0 Å². The van der Waals surface area contributed by atoms with E-state index in [9.17, 15) is 4.79 Å². The summed E-state index contributed by atoms with van der Waals surface area (Å²) in [5, 5.41) is 13.7. The largest absolute Gasteiger partial charge is 0.480 e. The minimum Gasteiger partial charge on any atom is -0.480 e. The summed E-state index contributed by atoms with van der Waals surface area (Å²) in [5.41, 5.74) is 0.789. The van der Waals surface area contributed by atoms with Gasteiger partial charge in [0, 0.05) is 6.42 Å². The topological polar surface area (TPSA) is 75.1 Å². The van der Waals surface area contributed by atoms with Crippen molar-refractivity contribution in [1.82, 2.24) is 9.97 Å². The molecule has 1 atom stereocenters. The van der Waals surface area contributed by atoms with Gasteiger partial charge in [0.15, 0.2) is 0 Å². The summed E-state index contributed by atoms with van der Waals surface area (Å²) in [6.45, 7) is 0. The van der Waals surface area contributed by atoms with Gasteiger partial charge in [-0.25, -0.2) is 14.8 Å². The van der Waals surface area contributed by atoms with Gasteiger partial charge in [-0.3, -0.25) is 0 Å². The standard InChI is InChI=1S/C11H9N3O2S/c1-2-3-8(11(15)16)14-10-9-7(4-5-17-9)12-6-13-10/h1,4-6,8H,3H2,(H,15,16)(H,12,13,14). The molecule has 2 rings (SSSR count). The molecule has 2 aromatic rings. The van der Waals surface area contributed by atoms with E-state index >= 15 is 0 Å². The summed E-state index contributed by atoms with van der Waals surface area (Å²) in [5.74, 6) is 1.84. The van der Waals surface area contributed by atoms with Crippen LogP contribution in [0.3, 0.4) is 0 Å². The third kappa shape index (κ3) is 2.34. The first-order chi connectivity index (χ1) is 8.22. The number of carbonyl (C=O) groups is 1. The van der Waals surface area contributed by atoms with Gasteiger partial charge in [-0.05, 0) is 11.4 Å². The maximum Gasteiger partial charge on any atom is 0.327 e. The van der Waals surface area contributed by atoms with Crippen LogP contribution in [0.25, 0.3) is 10.2 Å². The molecule has 0 saturated carbocycles. The van der Waals surface area contributed by atoms with Gasteiger partial charge in [0.1, 0.15) is 18.2 Å². The SMILES string of the molecule is C#CCC(Nc1ncnc2ccsc12)C(=O)O. The Morgan fingerprint density at radius 2 is 2.47 bits per heavy atom. The average Bonchev–Trinajstić information content (AvgIpc) is 2.77. The van der Waals surface area contributed by atoms with Crippen molar-refractivity contribution in [1.29, 1.82) is 0 Å². The van der Waals surface area contributed by atoms with Crippen LogP contribution >= 0.6 is 11.3 Å². The van der Waals surface area contributed by atoms with Gasteiger partial charge in [-0.15, -0.1) is 23.7 Å². The fraction of sp³-hybridized carbons (Fsp3) is 0.182. The Bertz CT molecular complexity index is 588. The van der Waals surface area contributed by atoms with Crippen LogP contribution in [0.4, 0.5) is 5.82 Å². The van der Waals surface area contributed by atoms with Gasteiger partial charge in [0.2, 0.25) is 0 Å². The lowest BCUT2D eigenvalue weighted by Crippen LogP contribution is -2.29. The molecule has 0 spiro atoms. The van der Waals surface area contributed by atoms with Crippen molar-refractivity contribution in [2.75, 3.05) is 5.32 Å². The summed E-state index contributed by atoms with van der Waals surface area (Å²) in [6, 6.07) is 1.02. The second kappa shape index (κ2) is 4.80. The number of terminal acetylenes is 1. The van der Waals surface area contributed by atoms with Crippen molar-refractivity contribution in [3.8, 4) is 12.3 Å². The van der Waals surface area contributed by atoms with E-state index in [1.165, 1.54) is 17.7 Å². The van der Waals surface area contributed by atoms with Gasteiger partial charge >= 0.3 is 5.97 Å². The van der Waals surface area contributed by atoms with E-state index in [4.69, 9.17) is 11.5 Å². The molecule has 2 N–H and O–H groups in total. The maximum absolute atomic E-state index is 11.0. The van der Waals surface area contributed by atoms with Crippen molar-refractivity contribution in [2.24, 2.45) is 0 Å². The van der Waals surface area contributed by atoms with E-state index < -0.39 is 12.0 Å². The van der Waals surface area contributed by atoms with Gasteiger partial charge in [-0.1, -0.05) is 0 Å². The second-order valence-electron chi connectivity index (χ2n) is 3.30. The lowest BCUT2D eigenvalue weighted by atomic mass is 10.2. The molecule has 6 heteroatoms. The Morgan fingerprint density at radius 1 is 1.65 bits per heavy atom. The van der Waals surface area contributed by atoms with Crippen molar-refractivity contribution in [3.63, 3.8) is 0 Å². The lowest BCUT2D eigenvalue weighted by molar-refractivity contribution is -0.137. The summed E-state index contributed by atoms with van der Waals surface area (Å²) < 4.78 is 0.829. The maximum atomic E-state index is 11.0. The van der Waals surface area contributed by atoms with Crippen LogP contribution in [-0.4, -0.2) is 27.1 Å². The fourth-order valence-corrected chi connectivity index (χ4v) is 2.17. The molecule has 0 aliphatic rings. The number of carboxylic acid groups (broad SMARTS) is 1. The summed E-state index contributed by atoms with van der Waals surface area (Å²) >= 11 is 1.45. The van der Waals surface area contributed by atoms with E-state index in [1.54, 1.807) is 0 Å². The number of thiophene rings is 1. The van der Waals surface area contributed by atoms with Gasteiger partial charge in [0.05, 0.1) is 10.2 Å². The van der Waals surface area contributed by atoms with Crippen LogP contribution < -0.4 is 5.32 Å². The molecule has 5 nitrogen and oxygen atoms in total. The van der Waals surface area contributed by atoms with Crippen LogP contribution in [0.15, 0.2) is 17.8 Å². The predicted octanol–water partition coefficient (Wildman–Crippen LogP) is 1.58. The van der Waals surface area contributed by atoms with Crippen molar-refractivity contribution in [3.05, 3.63) is 17.8 Å². The molecular formula is C11H9N3O2S. The Balaban J connectivity index is 2.31. The highest BCUT2D eigenvalue weighted by Crippen LogP contribution is 2.25. The highest BCUT2D eigenvalue weighted by atomic mass is 32.1. The number of fused-ring (bicyclic) bond motifs is 1. The molecule has 0 bridgehead atoms. The van der Waals surface area contributed by atoms with Crippen LogP contribution in [0.2, 0.25) is 0 Å². The molecule has 0 aromatic carbocycles. The zero-order chi connectivity index (χ0) is 12.3. The summed E-state index contributed by atoms with van der Waals surface area (Å²) in [6.07, 6.45) is 6.63. The molecule has 0 saturated heterocycles. The number of hydrogen-bond acceptors (Lipinski definition) is 5. The van der Waals surface area contributed by atoms with Crippen molar-refractivity contribution in [2.45, 2.75) is 12.5 Å². The molecule has 86 valence electrons. The highest BCUT2D eigenvalue weighted by Gasteiger charge is 2.17. The average molecular weight is 247 g/mol. The monoisotopic (exact) mass is 247 g/mol. The smallest absolute Gasteiger partial charge is 0.327 e. The van der Waals surface area contributed by atoms with E-state index in [-0.39, 0.29) is 6.42 Å². The molecule has 0 aliphatic heterocycles. The molecule has 1 unspecified atom stereocenters. The van der Waals surface area contributed by atoms with Crippen molar-refractivity contribution >= 4 is 33.3 Å². The molecule has 0 fully saturated rings. The number of rotatable bonds is 4. The fourth-order valence-electron chi connectivity index (χ4n) is 1.37. The number of nitrogens with zero attached hydrogens (tertiary/aromatic N) is 2. The molecule has 17 heavy (non-hydrogen) atoms.